The maximum absolute atomic E-state index is 14.2. The maximum atomic E-state index is 14.2. The largest absolute Gasteiger partial charge is 0.306 e. The molecule has 2 rings (SSSR count). The van der Waals surface area contributed by atoms with Crippen molar-refractivity contribution in [1.82, 2.24) is 5.32 Å². The van der Waals surface area contributed by atoms with Crippen LogP contribution in [0.4, 0.5) is 8.78 Å². The van der Waals surface area contributed by atoms with Gasteiger partial charge in [0.1, 0.15) is 11.6 Å². The summed E-state index contributed by atoms with van der Waals surface area (Å²) in [6, 6.07) is 4.32. The summed E-state index contributed by atoms with van der Waals surface area (Å²) in [6.45, 7) is 8.30. The fourth-order valence-electron chi connectivity index (χ4n) is 2.19. The van der Waals surface area contributed by atoms with Crippen LogP contribution in [0, 0.1) is 32.4 Å². The highest BCUT2D eigenvalue weighted by Crippen LogP contribution is 2.32. The van der Waals surface area contributed by atoms with Crippen LogP contribution in [0.3, 0.4) is 0 Å². The Hall–Kier alpha value is -1.26. The van der Waals surface area contributed by atoms with Crippen molar-refractivity contribution in [2.75, 3.05) is 6.54 Å². The van der Waals surface area contributed by atoms with Crippen LogP contribution in [-0.4, -0.2) is 6.54 Å². The molecule has 0 saturated heterocycles. The number of aryl methyl sites for hydroxylation is 3. The van der Waals surface area contributed by atoms with E-state index in [1.165, 1.54) is 22.6 Å². The highest BCUT2D eigenvalue weighted by Gasteiger charge is 2.21. The predicted octanol–water partition coefficient (Wildman–Crippen LogP) is 4.65. The summed E-state index contributed by atoms with van der Waals surface area (Å²) < 4.78 is 28.0. The van der Waals surface area contributed by atoms with Gasteiger partial charge in [0.15, 0.2) is 0 Å². The Balaban J connectivity index is 2.50. The van der Waals surface area contributed by atoms with Crippen LogP contribution >= 0.6 is 11.3 Å². The molecule has 0 aliphatic carbocycles. The molecule has 1 aromatic heterocycles. The number of hydrogen-bond donors (Lipinski definition) is 1. The summed E-state index contributed by atoms with van der Waals surface area (Å²) in [7, 11) is 0. The Morgan fingerprint density at radius 3 is 2.30 bits per heavy atom. The van der Waals surface area contributed by atoms with Gasteiger partial charge < -0.3 is 5.32 Å². The zero-order valence-corrected chi connectivity index (χ0v) is 13.0. The van der Waals surface area contributed by atoms with Gasteiger partial charge in [-0.05, 0) is 56.6 Å². The first-order chi connectivity index (χ1) is 9.43. The number of benzene rings is 1. The molecule has 108 valence electrons. The molecule has 1 unspecified atom stereocenters. The SMILES string of the molecule is CCNC(c1cc(C)c(C)s1)c1cc(F)c(C)cc1F. The lowest BCUT2D eigenvalue weighted by molar-refractivity contribution is 0.544. The van der Waals surface area contributed by atoms with E-state index < -0.39 is 0 Å². The van der Waals surface area contributed by atoms with Gasteiger partial charge in [-0.25, -0.2) is 8.78 Å². The van der Waals surface area contributed by atoms with Crippen LogP contribution in [0.25, 0.3) is 0 Å². The molecule has 0 spiro atoms. The number of rotatable bonds is 4. The summed E-state index contributed by atoms with van der Waals surface area (Å²) in [4.78, 5) is 2.22. The zero-order chi connectivity index (χ0) is 14.9. The molecule has 1 aromatic carbocycles. The average Bonchev–Trinajstić information content (AvgIpc) is 2.71. The van der Waals surface area contributed by atoms with Crippen LogP contribution in [0.1, 0.15) is 39.4 Å². The van der Waals surface area contributed by atoms with E-state index in [4.69, 9.17) is 0 Å². The first kappa shape index (κ1) is 15.1. The number of halogens is 2. The monoisotopic (exact) mass is 295 g/mol. The highest BCUT2D eigenvalue weighted by molar-refractivity contribution is 7.12. The normalized spacial score (nSPS) is 12.7. The van der Waals surface area contributed by atoms with Crippen molar-refractivity contribution < 1.29 is 8.78 Å². The molecule has 0 bridgehead atoms. The molecule has 1 nitrogen and oxygen atoms in total. The van der Waals surface area contributed by atoms with Gasteiger partial charge in [0.25, 0.3) is 0 Å². The average molecular weight is 295 g/mol. The van der Waals surface area contributed by atoms with Crippen molar-refractivity contribution in [3.8, 4) is 0 Å². The van der Waals surface area contributed by atoms with E-state index in [2.05, 4.69) is 5.32 Å². The topological polar surface area (TPSA) is 12.0 Å². The Kier molecular flexibility index (Phi) is 4.55. The third-order valence-corrected chi connectivity index (χ3v) is 4.68. The maximum Gasteiger partial charge on any atom is 0.128 e. The first-order valence-electron chi connectivity index (χ1n) is 6.69. The first-order valence-corrected chi connectivity index (χ1v) is 7.51. The fraction of sp³-hybridized carbons (Fsp3) is 0.375. The third kappa shape index (κ3) is 2.91. The minimum Gasteiger partial charge on any atom is -0.306 e. The summed E-state index contributed by atoms with van der Waals surface area (Å²) in [5, 5.41) is 3.25. The molecule has 1 N–H and O–H groups in total. The van der Waals surface area contributed by atoms with Crippen molar-refractivity contribution in [2.24, 2.45) is 0 Å². The lowest BCUT2D eigenvalue weighted by atomic mass is 10.0. The Bertz CT molecular complexity index is 600. The Labute approximate surface area is 122 Å². The van der Waals surface area contributed by atoms with E-state index in [1.807, 2.05) is 26.8 Å². The number of thiophene rings is 1. The van der Waals surface area contributed by atoms with Crippen LogP contribution in [0.15, 0.2) is 18.2 Å². The van der Waals surface area contributed by atoms with Gasteiger partial charge in [0, 0.05) is 15.3 Å². The lowest BCUT2D eigenvalue weighted by Gasteiger charge is -2.18. The summed E-state index contributed by atoms with van der Waals surface area (Å²) in [6.07, 6.45) is 0. The molecule has 4 heteroatoms. The molecule has 0 aliphatic heterocycles. The molecule has 0 amide bonds. The number of nitrogens with one attached hydrogen (secondary N) is 1. The van der Waals surface area contributed by atoms with Gasteiger partial charge in [0.2, 0.25) is 0 Å². The van der Waals surface area contributed by atoms with Gasteiger partial charge >= 0.3 is 0 Å². The molecule has 0 fully saturated rings. The second kappa shape index (κ2) is 6.02. The highest BCUT2D eigenvalue weighted by atomic mass is 32.1. The van der Waals surface area contributed by atoms with Crippen molar-refractivity contribution in [2.45, 2.75) is 33.7 Å². The molecular formula is C16H19F2NS. The fourth-order valence-corrected chi connectivity index (χ4v) is 3.33. The molecule has 0 radical (unpaired) electrons. The predicted molar refractivity (Wildman–Crippen MR) is 80.4 cm³/mol. The Morgan fingerprint density at radius 2 is 1.75 bits per heavy atom. The Morgan fingerprint density at radius 1 is 1.05 bits per heavy atom. The minimum atomic E-state index is -0.366. The van der Waals surface area contributed by atoms with Crippen LogP contribution in [0.2, 0.25) is 0 Å². The summed E-state index contributed by atoms with van der Waals surface area (Å²) in [5.74, 6) is -0.729. The van der Waals surface area contributed by atoms with Crippen LogP contribution in [-0.2, 0) is 0 Å². The van der Waals surface area contributed by atoms with E-state index in [0.29, 0.717) is 17.7 Å². The second-order valence-electron chi connectivity index (χ2n) is 5.00. The quantitative estimate of drug-likeness (QED) is 0.865. The van der Waals surface area contributed by atoms with E-state index in [0.717, 1.165) is 4.88 Å². The van der Waals surface area contributed by atoms with E-state index in [-0.39, 0.29) is 17.7 Å². The lowest BCUT2D eigenvalue weighted by Crippen LogP contribution is -2.22. The molecule has 0 aliphatic rings. The van der Waals surface area contributed by atoms with Gasteiger partial charge in [-0.2, -0.15) is 0 Å². The zero-order valence-electron chi connectivity index (χ0n) is 12.2. The van der Waals surface area contributed by atoms with Crippen molar-refractivity contribution in [3.05, 3.63) is 56.3 Å². The molecular weight excluding hydrogens is 276 g/mol. The minimum absolute atomic E-state index is 0.299. The summed E-state index contributed by atoms with van der Waals surface area (Å²) in [5.41, 5.74) is 1.89. The molecule has 2 aromatic rings. The molecule has 1 heterocycles. The third-order valence-electron chi connectivity index (χ3n) is 3.47. The molecule has 0 saturated carbocycles. The van der Waals surface area contributed by atoms with Crippen molar-refractivity contribution >= 4 is 11.3 Å². The van der Waals surface area contributed by atoms with Gasteiger partial charge in [-0.15, -0.1) is 11.3 Å². The van der Waals surface area contributed by atoms with E-state index in [1.54, 1.807) is 18.3 Å². The van der Waals surface area contributed by atoms with Gasteiger partial charge in [-0.1, -0.05) is 6.92 Å². The second-order valence-corrected chi connectivity index (χ2v) is 6.29. The standard InChI is InChI=1S/C16H19F2NS/c1-5-19-16(15-7-9(2)11(4)20-15)12-8-13(17)10(3)6-14(12)18/h6-8,16,19H,5H2,1-4H3. The molecule has 1 atom stereocenters. The van der Waals surface area contributed by atoms with Crippen LogP contribution in [0.5, 0.6) is 0 Å². The number of hydrogen-bond acceptors (Lipinski definition) is 2. The van der Waals surface area contributed by atoms with E-state index in [9.17, 15) is 8.78 Å². The summed E-state index contributed by atoms with van der Waals surface area (Å²) >= 11 is 1.62. The van der Waals surface area contributed by atoms with Crippen LogP contribution < -0.4 is 5.32 Å². The van der Waals surface area contributed by atoms with Crippen molar-refractivity contribution in [3.63, 3.8) is 0 Å². The smallest absolute Gasteiger partial charge is 0.128 e. The van der Waals surface area contributed by atoms with Crippen molar-refractivity contribution in [1.29, 1.82) is 0 Å². The van der Waals surface area contributed by atoms with Gasteiger partial charge in [-0.3, -0.25) is 0 Å². The van der Waals surface area contributed by atoms with Gasteiger partial charge in [0.05, 0.1) is 6.04 Å². The molecule has 20 heavy (non-hydrogen) atoms. The van der Waals surface area contributed by atoms with E-state index >= 15 is 0 Å².